The van der Waals surface area contributed by atoms with E-state index in [1.165, 1.54) is 0 Å². The van der Waals surface area contributed by atoms with E-state index in [-0.39, 0.29) is 0 Å². The SMILES string of the molecule is CCSc1cccc(N(C)C(CC)CC)c1C(=O)O. The van der Waals surface area contributed by atoms with Crippen molar-refractivity contribution in [3.05, 3.63) is 23.8 Å². The van der Waals surface area contributed by atoms with Crippen LogP contribution in [-0.4, -0.2) is 29.9 Å². The molecule has 0 unspecified atom stereocenters. The number of thioether (sulfide) groups is 1. The molecule has 0 atom stereocenters. The van der Waals surface area contributed by atoms with Gasteiger partial charge in [-0.05, 0) is 30.7 Å². The summed E-state index contributed by atoms with van der Waals surface area (Å²) in [4.78, 5) is 14.5. The lowest BCUT2D eigenvalue weighted by Crippen LogP contribution is -2.31. The molecule has 19 heavy (non-hydrogen) atoms. The van der Waals surface area contributed by atoms with Gasteiger partial charge in [-0.2, -0.15) is 0 Å². The number of benzene rings is 1. The molecule has 0 aliphatic carbocycles. The zero-order valence-corrected chi connectivity index (χ0v) is 13.0. The lowest BCUT2D eigenvalue weighted by molar-refractivity contribution is 0.0693. The van der Waals surface area contributed by atoms with Crippen LogP contribution >= 0.6 is 11.8 Å². The second-order valence-corrected chi connectivity index (χ2v) is 5.78. The Hall–Kier alpha value is -1.16. The molecule has 0 aliphatic rings. The van der Waals surface area contributed by atoms with Crippen molar-refractivity contribution >= 4 is 23.4 Å². The number of nitrogens with zero attached hydrogens (tertiary/aromatic N) is 1. The largest absolute Gasteiger partial charge is 0.478 e. The summed E-state index contributed by atoms with van der Waals surface area (Å²) < 4.78 is 0. The molecule has 0 heterocycles. The van der Waals surface area contributed by atoms with E-state index in [2.05, 4.69) is 18.7 Å². The number of carboxylic acids is 1. The number of hydrogen-bond acceptors (Lipinski definition) is 3. The minimum Gasteiger partial charge on any atom is -0.478 e. The van der Waals surface area contributed by atoms with E-state index in [1.807, 2.05) is 32.2 Å². The predicted molar refractivity (Wildman–Crippen MR) is 82.6 cm³/mol. The second kappa shape index (κ2) is 7.43. The Bertz CT molecular complexity index is 430. The third kappa shape index (κ3) is 3.66. The lowest BCUT2D eigenvalue weighted by Gasteiger charge is -2.30. The maximum atomic E-state index is 11.6. The van der Waals surface area contributed by atoms with E-state index in [9.17, 15) is 9.90 Å². The highest BCUT2D eigenvalue weighted by Crippen LogP contribution is 2.32. The van der Waals surface area contributed by atoms with E-state index in [4.69, 9.17) is 0 Å². The number of hydrogen-bond donors (Lipinski definition) is 1. The Morgan fingerprint density at radius 1 is 1.32 bits per heavy atom. The molecule has 1 N–H and O–H groups in total. The highest BCUT2D eigenvalue weighted by atomic mass is 32.2. The van der Waals surface area contributed by atoms with Gasteiger partial charge in [0, 0.05) is 18.0 Å². The predicted octanol–water partition coefficient (Wildman–Crippen LogP) is 4.12. The third-order valence-corrected chi connectivity index (χ3v) is 4.33. The molecule has 4 heteroatoms. The first-order valence-corrected chi connectivity index (χ1v) is 7.77. The topological polar surface area (TPSA) is 40.5 Å². The van der Waals surface area contributed by atoms with Crippen molar-refractivity contribution in [2.24, 2.45) is 0 Å². The van der Waals surface area contributed by atoms with Crippen LogP contribution in [0.1, 0.15) is 44.0 Å². The number of carbonyl (C=O) groups is 1. The summed E-state index contributed by atoms with van der Waals surface area (Å²) in [5, 5.41) is 9.51. The van der Waals surface area contributed by atoms with Gasteiger partial charge in [0.2, 0.25) is 0 Å². The van der Waals surface area contributed by atoms with Crippen LogP contribution in [0, 0.1) is 0 Å². The van der Waals surface area contributed by atoms with E-state index < -0.39 is 5.97 Å². The number of aromatic carboxylic acids is 1. The van der Waals surface area contributed by atoms with Gasteiger partial charge in [-0.3, -0.25) is 0 Å². The van der Waals surface area contributed by atoms with Crippen LogP contribution in [0.3, 0.4) is 0 Å². The Kier molecular flexibility index (Phi) is 6.22. The molecule has 0 radical (unpaired) electrons. The van der Waals surface area contributed by atoms with Gasteiger partial charge in [0.15, 0.2) is 0 Å². The minimum atomic E-state index is -0.843. The lowest BCUT2D eigenvalue weighted by atomic mass is 10.1. The fraction of sp³-hybridized carbons (Fsp3) is 0.533. The van der Waals surface area contributed by atoms with Gasteiger partial charge in [0.1, 0.15) is 0 Å². The van der Waals surface area contributed by atoms with Crippen molar-refractivity contribution in [3.8, 4) is 0 Å². The van der Waals surface area contributed by atoms with Crippen LogP contribution in [-0.2, 0) is 0 Å². The molecular formula is C15H23NO2S. The van der Waals surface area contributed by atoms with E-state index in [0.29, 0.717) is 11.6 Å². The zero-order chi connectivity index (χ0) is 14.4. The van der Waals surface area contributed by atoms with Gasteiger partial charge in [0.25, 0.3) is 0 Å². The van der Waals surface area contributed by atoms with Gasteiger partial charge < -0.3 is 10.0 Å². The first-order chi connectivity index (χ1) is 9.06. The number of carboxylic acid groups (broad SMARTS) is 1. The third-order valence-electron chi connectivity index (χ3n) is 3.39. The average Bonchev–Trinajstić information content (AvgIpc) is 2.39. The van der Waals surface area contributed by atoms with Gasteiger partial charge >= 0.3 is 5.97 Å². The highest BCUT2D eigenvalue weighted by Gasteiger charge is 2.21. The fourth-order valence-corrected chi connectivity index (χ4v) is 3.16. The molecule has 1 aromatic rings. The van der Waals surface area contributed by atoms with Crippen molar-refractivity contribution < 1.29 is 9.90 Å². The van der Waals surface area contributed by atoms with Crippen LogP contribution in [0.2, 0.25) is 0 Å². The van der Waals surface area contributed by atoms with Crippen LogP contribution in [0.4, 0.5) is 5.69 Å². The second-order valence-electron chi connectivity index (χ2n) is 4.47. The first-order valence-electron chi connectivity index (χ1n) is 6.78. The molecule has 0 spiro atoms. The summed E-state index contributed by atoms with van der Waals surface area (Å²) in [6.07, 6.45) is 2.02. The monoisotopic (exact) mass is 281 g/mol. The average molecular weight is 281 g/mol. The highest BCUT2D eigenvalue weighted by molar-refractivity contribution is 7.99. The van der Waals surface area contributed by atoms with Gasteiger partial charge in [-0.1, -0.05) is 26.8 Å². The van der Waals surface area contributed by atoms with Crippen molar-refractivity contribution in [2.45, 2.75) is 44.6 Å². The number of rotatable bonds is 7. The zero-order valence-electron chi connectivity index (χ0n) is 12.1. The summed E-state index contributed by atoms with van der Waals surface area (Å²) in [6, 6.07) is 6.11. The molecule has 0 amide bonds. The molecule has 0 fully saturated rings. The molecule has 3 nitrogen and oxygen atoms in total. The molecule has 1 rings (SSSR count). The van der Waals surface area contributed by atoms with Gasteiger partial charge in [-0.25, -0.2) is 4.79 Å². The maximum Gasteiger partial charge on any atom is 0.338 e. The Morgan fingerprint density at radius 3 is 2.42 bits per heavy atom. The molecule has 0 aliphatic heterocycles. The maximum absolute atomic E-state index is 11.6. The van der Waals surface area contributed by atoms with E-state index >= 15 is 0 Å². The van der Waals surface area contributed by atoms with E-state index in [0.717, 1.165) is 29.2 Å². The van der Waals surface area contributed by atoms with Crippen molar-refractivity contribution in [2.75, 3.05) is 17.7 Å². The Labute approximate surface area is 120 Å². The fourth-order valence-electron chi connectivity index (χ4n) is 2.34. The van der Waals surface area contributed by atoms with Crippen LogP contribution < -0.4 is 4.90 Å². The van der Waals surface area contributed by atoms with Crippen LogP contribution in [0.5, 0.6) is 0 Å². The smallest absolute Gasteiger partial charge is 0.338 e. The van der Waals surface area contributed by atoms with Gasteiger partial charge in [-0.15, -0.1) is 11.8 Å². The molecule has 0 saturated carbocycles. The molecule has 106 valence electrons. The molecule has 1 aromatic carbocycles. The summed E-state index contributed by atoms with van der Waals surface area (Å²) in [5.41, 5.74) is 1.25. The van der Waals surface area contributed by atoms with Crippen molar-refractivity contribution in [3.63, 3.8) is 0 Å². The molecule has 0 saturated heterocycles. The van der Waals surface area contributed by atoms with Crippen LogP contribution in [0.25, 0.3) is 0 Å². The normalized spacial score (nSPS) is 10.8. The minimum absolute atomic E-state index is 0.375. The first kappa shape index (κ1) is 15.9. The molecule has 0 bridgehead atoms. The summed E-state index contributed by atoms with van der Waals surface area (Å²) in [5.74, 6) is 0.0303. The number of anilines is 1. The Balaban J connectivity index is 3.26. The standard InChI is InChI=1S/C15H23NO2S/c1-5-11(6-2)16(4)12-9-8-10-13(19-7-3)14(12)15(17)18/h8-11H,5-7H2,1-4H3,(H,17,18). The summed E-state index contributed by atoms with van der Waals surface area (Å²) in [7, 11) is 1.99. The molecule has 0 aromatic heterocycles. The van der Waals surface area contributed by atoms with E-state index in [1.54, 1.807) is 11.8 Å². The van der Waals surface area contributed by atoms with Crippen molar-refractivity contribution in [1.82, 2.24) is 0 Å². The van der Waals surface area contributed by atoms with Crippen molar-refractivity contribution in [1.29, 1.82) is 0 Å². The Morgan fingerprint density at radius 2 is 1.95 bits per heavy atom. The quantitative estimate of drug-likeness (QED) is 0.763. The molecular weight excluding hydrogens is 258 g/mol. The summed E-state index contributed by atoms with van der Waals surface area (Å²) in [6.45, 7) is 6.30. The van der Waals surface area contributed by atoms with Crippen LogP contribution in [0.15, 0.2) is 23.1 Å². The summed E-state index contributed by atoms with van der Waals surface area (Å²) >= 11 is 1.58. The van der Waals surface area contributed by atoms with Gasteiger partial charge in [0.05, 0.1) is 11.3 Å².